The summed E-state index contributed by atoms with van der Waals surface area (Å²) in [5.41, 5.74) is 5.79. The van der Waals surface area contributed by atoms with E-state index >= 15 is 0 Å². The van der Waals surface area contributed by atoms with Crippen molar-refractivity contribution in [1.29, 1.82) is 0 Å². The summed E-state index contributed by atoms with van der Waals surface area (Å²) in [5.74, 6) is 1.39. The van der Waals surface area contributed by atoms with Crippen molar-refractivity contribution in [2.24, 2.45) is 5.92 Å². The van der Waals surface area contributed by atoms with E-state index < -0.39 is 0 Å². The molecule has 0 radical (unpaired) electrons. The second kappa shape index (κ2) is 7.15. The zero-order valence-electron chi connectivity index (χ0n) is 13.0. The van der Waals surface area contributed by atoms with Crippen LogP contribution < -0.4 is 11.1 Å². The van der Waals surface area contributed by atoms with Gasteiger partial charge < -0.3 is 11.1 Å². The van der Waals surface area contributed by atoms with Crippen molar-refractivity contribution in [1.82, 2.24) is 20.1 Å². The summed E-state index contributed by atoms with van der Waals surface area (Å²) < 4.78 is 1.85. The molecular formula is C14H25N5OS. The first-order valence-electron chi connectivity index (χ1n) is 7.61. The first kappa shape index (κ1) is 16.1. The number of carbonyl (C=O) groups is 1. The van der Waals surface area contributed by atoms with Crippen molar-refractivity contribution in [3.63, 3.8) is 0 Å². The predicted octanol–water partition coefficient (Wildman–Crippen LogP) is 2.23. The van der Waals surface area contributed by atoms with Crippen LogP contribution in [-0.2, 0) is 4.79 Å². The Hall–Kier alpha value is -1.24. The predicted molar refractivity (Wildman–Crippen MR) is 85.1 cm³/mol. The van der Waals surface area contributed by atoms with Gasteiger partial charge in [0.15, 0.2) is 5.16 Å². The van der Waals surface area contributed by atoms with E-state index in [1.165, 1.54) is 31.0 Å². The van der Waals surface area contributed by atoms with Crippen molar-refractivity contribution in [2.75, 3.05) is 11.5 Å². The molecule has 1 heterocycles. The van der Waals surface area contributed by atoms with E-state index in [9.17, 15) is 4.79 Å². The van der Waals surface area contributed by atoms with Crippen molar-refractivity contribution >= 4 is 23.6 Å². The van der Waals surface area contributed by atoms with E-state index in [1.807, 2.05) is 18.4 Å². The summed E-state index contributed by atoms with van der Waals surface area (Å²) in [6.07, 6.45) is 4.78. The molecule has 0 spiro atoms. The van der Waals surface area contributed by atoms with Gasteiger partial charge in [0.05, 0.1) is 5.75 Å². The molecule has 1 aromatic rings. The number of nitrogen functional groups attached to an aromatic ring is 1. The van der Waals surface area contributed by atoms with Crippen LogP contribution in [0.1, 0.15) is 52.5 Å². The lowest BCUT2D eigenvalue weighted by molar-refractivity contribution is -0.119. The van der Waals surface area contributed by atoms with E-state index in [4.69, 9.17) is 5.73 Å². The Bertz CT molecular complexity index is 488. The fourth-order valence-electron chi connectivity index (χ4n) is 2.78. The molecule has 1 aromatic heterocycles. The van der Waals surface area contributed by atoms with Gasteiger partial charge in [0, 0.05) is 12.1 Å². The highest BCUT2D eigenvalue weighted by Crippen LogP contribution is 2.25. The number of thioether (sulfide) groups is 1. The molecule has 0 saturated heterocycles. The van der Waals surface area contributed by atoms with Crippen molar-refractivity contribution in [2.45, 2.75) is 63.7 Å². The summed E-state index contributed by atoms with van der Waals surface area (Å²) in [7, 11) is 0. The number of anilines is 1. The topological polar surface area (TPSA) is 85.8 Å². The van der Waals surface area contributed by atoms with E-state index in [1.54, 1.807) is 0 Å². The molecule has 7 heteroatoms. The SMILES string of the molecule is CC1CCCCC1NC(=O)CSc1nnc(N)n1C(C)C. The first-order valence-corrected chi connectivity index (χ1v) is 8.60. The number of carbonyl (C=O) groups excluding carboxylic acids is 1. The molecule has 2 rings (SSSR count). The molecule has 1 fully saturated rings. The van der Waals surface area contributed by atoms with Gasteiger partial charge in [0.2, 0.25) is 11.9 Å². The van der Waals surface area contributed by atoms with Crippen molar-refractivity contribution in [3.8, 4) is 0 Å². The summed E-state index contributed by atoms with van der Waals surface area (Å²) in [6.45, 7) is 6.26. The van der Waals surface area contributed by atoms with E-state index in [0.717, 1.165) is 6.42 Å². The van der Waals surface area contributed by atoms with Gasteiger partial charge in [-0.1, -0.05) is 31.5 Å². The minimum atomic E-state index is 0.0654. The van der Waals surface area contributed by atoms with Crippen LogP contribution in [0.3, 0.4) is 0 Å². The van der Waals surface area contributed by atoms with Crippen LogP contribution in [0.15, 0.2) is 5.16 Å². The third kappa shape index (κ3) is 4.12. The molecular weight excluding hydrogens is 286 g/mol. The Balaban J connectivity index is 1.86. The lowest BCUT2D eigenvalue weighted by Crippen LogP contribution is -2.41. The van der Waals surface area contributed by atoms with Gasteiger partial charge in [-0.3, -0.25) is 9.36 Å². The number of aromatic nitrogens is 3. The fourth-order valence-corrected chi connectivity index (χ4v) is 3.67. The average Bonchev–Trinajstić information content (AvgIpc) is 2.80. The third-order valence-electron chi connectivity index (χ3n) is 4.00. The number of nitrogens with zero attached hydrogens (tertiary/aromatic N) is 3. The van der Waals surface area contributed by atoms with Gasteiger partial charge in [-0.2, -0.15) is 0 Å². The number of nitrogens with two attached hydrogens (primary N) is 1. The third-order valence-corrected chi connectivity index (χ3v) is 4.94. The highest BCUT2D eigenvalue weighted by atomic mass is 32.2. The van der Waals surface area contributed by atoms with Crippen LogP contribution in [0.25, 0.3) is 0 Å². The Morgan fingerprint density at radius 3 is 2.81 bits per heavy atom. The standard InChI is InChI=1S/C14H25N5OS/c1-9(2)19-13(15)17-18-14(19)21-8-12(20)16-11-7-5-4-6-10(11)3/h9-11H,4-8H2,1-3H3,(H2,15,17)(H,16,20). The van der Waals surface area contributed by atoms with Gasteiger partial charge in [0.1, 0.15) is 0 Å². The highest BCUT2D eigenvalue weighted by Gasteiger charge is 2.23. The summed E-state index contributed by atoms with van der Waals surface area (Å²) in [5, 5.41) is 11.8. The summed E-state index contributed by atoms with van der Waals surface area (Å²) >= 11 is 1.39. The summed E-state index contributed by atoms with van der Waals surface area (Å²) in [4.78, 5) is 12.1. The number of hydrogen-bond acceptors (Lipinski definition) is 5. The number of hydrogen-bond donors (Lipinski definition) is 2. The Morgan fingerprint density at radius 2 is 2.14 bits per heavy atom. The van der Waals surface area contributed by atoms with E-state index in [0.29, 0.717) is 28.8 Å². The lowest BCUT2D eigenvalue weighted by atomic mass is 9.86. The maximum absolute atomic E-state index is 12.1. The molecule has 1 aliphatic rings. The van der Waals surface area contributed by atoms with E-state index in [2.05, 4.69) is 22.4 Å². The van der Waals surface area contributed by atoms with Crippen LogP contribution in [0.4, 0.5) is 5.95 Å². The van der Waals surface area contributed by atoms with Gasteiger partial charge in [-0.15, -0.1) is 10.2 Å². The normalized spacial score (nSPS) is 22.5. The Morgan fingerprint density at radius 1 is 1.43 bits per heavy atom. The largest absolute Gasteiger partial charge is 0.368 e. The maximum Gasteiger partial charge on any atom is 0.230 e. The number of amides is 1. The molecule has 118 valence electrons. The highest BCUT2D eigenvalue weighted by molar-refractivity contribution is 7.99. The fraction of sp³-hybridized carbons (Fsp3) is 0.786. The molecule has 6 nitrogen and oxygen atoms in total. The molecule has 21 heavy (non-hydrogen) atoms. The molecule has 2 atom stereocenters. The Labute approximate surface area is 130 Å². The zero-order chi connectivity index (χ0) is 15.4. The number of rotatable bonds is 5. The molecule has 3 N–H and O–H groups in total. The van der Waals surface area contributed by atoms with Crippen LogP contribution in [0, 0.1) is 5.92 Å². The number of nitrogens with one attached hydrogen (secondary N) is 1. The van der Waals surface area contributed by atoms with Gasteiger partial charge in [-0.25, -0.2) is 0 Å². The average molecular weight is 311 g/mol. The van der Waals surface area contributed by atoms with Crippen LogP contribution in [0.5, 0.6) is 0 Å². The van der Waals surface area contributed by atoms with Gasteiger partial charge in [0.25, 0.3) is 0 Å². The molecule has 2 unspecified atom stereocenters. The van der Waals surface area contributed by atoms with Crippen molar-refractivity contribution < 1.29 is 4.79 Å². The first-order chi connectivity index (χ1) is 9.99. The molecule has 0 aliphatic heterocycles. The minimum Gasteiger partial charge on any atom is -0.368 e. The second-order valence-electron chi connectivity index (χ2n) is 6.03. The smallest absolute Gasteiger partial charge is 0.230 e. The molecule has 1 amide bonds. The second-order valence-corrected chi connectivity index (χ2v) is 6.97. The lowest BCUT2D eigenvalue weighted by Gasteiger charge is -2.29. The minimum absolute atomic E-state index is 0.0654. The van der Waals surface area contributed by atoms with Crippen LogP contribution in [-0.4, -0.2) is 32.5 Å². The molecule has 1 saturated carbocycles. The molecule has 0 aromatic carbocycles. The van der Waals surface area contributed by atoms with Crippen LogP contribution in [0.2, 0.25) is 0 Å². The zero-order valence-corrected chi connectivity index (χ0v) is 13.8. The summed E-state index contributed by atoms with van der Waals surface area (Å²) in [6, 6.07) is 0.504. The van der Waals surface area contributed by atoms with Crippen molar-refractivity contribution in [3.05, 3.63) is 0 Å². The van der Waals surface area contributed by atoms with Gasteiger partial charge >= 0.3 is 0 Å². The monoisotopic (exact) mass is 311 g/mol. The van der Waals surface area contributed by atoms with Crippen LogP contribution >= 0.6 is 11.8 Å². The molecule has 0 bridgehead atoms. The molecule has 1 aliphatic carbocycles. The maximum atomic E-state index is 12.1. The quantitative estimate of drug-likeness (QED) is 0.814. The Kier molecular flexibility index (Phi) is 5.50. The van der Waals surface area contributed by atoms with E-state index in [-0.39, 0.29) is 11.9 Å². The van der Waals surface area contributed by atoms with Gasteiger partial charge in [-0.05, 0) is 32.6 Å².